The van der Waals surface area contributed by atoms with E-state index in [4.69, 9.17) is 28.4 Å². The van der Waals surface area contributed by atoms with Crippen molar-refractivity contribution in [3.05, 3.63) is 78.8 Å². The molecule has 0 aromatic heterocycles. The number of allylic oxidation sites excluding steroid dienone is 4. The van der Waals surface area contributed by atoms with Gasteiger partial charge in [-0.2, -0.15) is 0 Å². The number of hydrogen-bond donors (Lipinski definition) is 0. The number of methoxy groups -OCH3 is 6. The van der Waals surface area contributed by atoms with Crippen molar-refractivity contribution in [3.8, 4) is 0 Å². The molecular weight excluding hydrogens is 879 g/mol. The van der Waals surface area contributed by atoms with Crippen LogP contribution in [0.15, 0.2) is 78.8 Å². The first-order chi connectivity index (χ1) is 23.0. The van der Waals surface area contributed by atoms with E-state index in [0.717, 1.165) is 73.9 Å². The maximum atomic E-state index is 12.8. The van der Waals surface area contributed by atoms with E-state index in [2.05, 4.69) is 9.95 Å². The Morgan fingerprint density at radius 2 is 0.729 bits per heavy atom. The monoisotopic (exact) mass is 902 g/mol. The van der Waals surface area contributed by atoms with Crippen molar-refractivity contribution in [1.82, 2.24) is 0 Å². The molecule has 48 heavy (non-hydrogen) atoms. The molecule has 0 aliphatic carbocycles. The molecule has 0 fully saturated rings. The molecule has 0 bridgehead atoms. The summed E-state index contributed by atoms with van der Waals surface area (Å²) < 4.78 is 32.2. The first kappa shape index (κ1) is 38.7. The van der Waals surface area contributed by atoms with Gasteiger partial charge in [-0.1, -0.05) is 0 Å². The topological polar surface area (TPSA) is 158 Å². The van der Waals surface area contributed by atoms with Crippen LogP contribution < -0.4 is 0 Å². The van der Waals surface area contributed by atoms with Gasteiger partial charge in [0.15, 0.2) is 0 Å². The summed E-state index contributed by atoms with van der Waals surface area (Å²) in [7, 11) is 7.23. The van der Waals surface area contributed by atoms with Crippen LogP contribution in [0, 0.1) is 0 Å². The Labute approximate surface area is 312 Å². The molecule has 4 aliphatic heterocycles. The van der Waals surface area contributed by atoms with E-state index in [-0.39, 0.29) is 59.3 Å². The van der Waals surface area contributed by atoms with Crippen LogP contribution in [0.3, 0.4) is 0 Å². The summed E-state index contributed by atoms with van der Waals surface area (Å²) in [6.45, 7) is 0. The molecule has 0 saturated carbocycles. The Kier molecular flexibility index (Phi) is 14.3. The fourth-order valence-electron chi connectivity index (χ4n) is 3.58. The molecule has 20 heteroatoms. The molecule has 0 atom stereocenters. The predicted octanol–water partition coefficient (Wildman–Crippen LogP) is 4.10. The Balaban J connectivity index is 1.92. The molecule has 0 radical (unpaired) electrons. The van der Waals surface area contributed by atoms with Crippen LogP contribution in [-0.2, 0) is 57.2 Å². The molecule has 12 nitrogen and oxygen atoms in total. The Hall–Kier alpha value is -2.12. The molecule has 0 aromatic carbocycles. The van der Waals surface area contributed by atoms with Gasteiger partial charge in [-0.25, -0.2) is 0 Å². The second-order valence-electron chi connectivity index (χ2n) is 8.37. The zero-order valence-electron chi connectivity index (χ0n) is 25.5. The summed E-state index contributed by atoms with van der Waals surface area (Å²) in [6.07, 6.45) is 3.58. The van der Waals surface area contributed by atoms with Gasteiger partial charge >= 0.3 is 315 Å². The third kappa shape index (κ3) is 8.60. The van der Waals surface area contributed by atoms with Crippen molar-refractivity contribution in [2.45, 2.75) is 0 Å². The molecule has 4 rings (SSSR count). The number of hydrogen-bond acceptors (Lipinski definition) is 18. The first-order valence-electron chi connectivity index (χ1n) is 12.7. The molecule has 0 saturated heterocycles. The van der Waals surface area contributed by atoms with Crippen LogP contribution in [0.25, 0.3) is 0 Å². The summed E-state index contributed by atoms with van der Waals surface area (Å²) in [5.41, 5.74) is 1.26. The number of thioether (sulfide) groups is 6. The average Bonchev–Trinajstić information content (AvgIpc) is 3.93. The third-order valence-electron chi connectivity index (χ3n) is 5.70. The number of esters is 6. The van der Waals surface area contributed by atoms with E-state index >= 15 is 0 Å². The summed E-state index contributed by atoms with van der Waals surface area (Å²) in [5.74, 6) is -4.31. The maximum absolute atomic E-state index is 12.8. The molecule has 4 aliphatic rings. The fraction of sp³-hybridized carbons (Fsp3) is 0.214. The summed E-state index contributed by atoms with van der Waals surface area (Å²) >= 11 is 5.98. The van der Waals surface area contributed by atoms with Crippen LogP contribution in [0.2, 0.25) is 0 Å². The Morgan fingerprint density at radius 1 is 0.458 bits per heavy atom. The molecule has 4 heterocycles. The van der Waals surface area contributed by atoms with Gasteiger partial charge in [0.1, 0.15) is 0 Å². The minimum absolute atomic E-state index is 0.0282. The number of ether oxygens (including phenoxy) is 6. The number of carbonyl (C=O) groups excluding carboxylic acids is 6. The normalized spacial score (nSPS) is 17.1. The summed E-state index contributed by atoms with van der Waals surface area (Å²) in [5, 5.41) is 0. The van der Waals surface area contributed by atoms with E-state index in [1.165, 1.54) is 42.7 Å². The van der Waals surface area contributed by atoms with Gasteiger partial charge in [-0.05, 0) is 0 Å². The fourth-order valence-corrected chi connectivity index (χ4v) is 16.0. The molecule has 0 amide bonds. The average molecular weight is 901 g/mol. The van der Waals surface area contributed by atoms with Crippen LogP contribution in [0.5, 0.6) is 0 Å². The molecule has 0 aromatic rings. The van der Waals surface area contributed by atoms with Crippen molar-refractivity contribution < 1.29 is 57.2 Å². The van der Waals surface area contributed by atoms with E-state index in [9.17, 15) is 28.8 Å². The molecule has 0 N–H and O–H groups in total. The van der Waals surface area contributed by atoms with Gasteiger partial charge in [-0.3, -0.25) is 0 Å². The van der Waals surface area contributed by atoms with Crippen molar-refractivity contribution in [2.24, 2.45) is 0 Å². The van der Waals surface area contributed by atoms with E-state index in [1.54, 1.807) is 6.08 Å². The van der Waals surface area contributed by atoms with Crippen molar-refractivity contribution in [3.63, 3.8) is 0 Å². The molecule has 0 unspecified atom stereocenters. The molecule has 0 spiro atoms. The SMILES string of the molecule is COC(=O)C1=C(C(=O)OC)SC(=CC(=C2SC(C(=O)OC)=C(C(=O)OC)S2)C(C=C2SC(C(=O)OC)=C(C(=O)OC)S2)=C2[Se]C=C[Se]2)S1. The van der Waals surface area contributed by atoms with Crippen LogP contribution in [0.4, 0.5) is 0 Å². The van der Waals surface area contributed by atoms with Gasteiger partial charge in [0.05, 0.1) is 0 Å². The molecular formula is C28H22O12S6Se2. The van der Waals surface area contributed by atoms with Gasteiger partial charge in [0.2, 0.25) is 0 Å². The summed E-state index contributed by atoms with van der Waals surface area (Å²) in [6, 6.07) is 0. The second-order valence-corrected chi connectivity index (χ2v) is 20.6. The standard InChI is InChI=1S/C28H22O12S6Se2/c1-35-21(29)15-16(22(30)36-2)42-13(41-15)9-11(27-45-19(25(33)39-5)20(46-27)26(34)40-6)12(28-47-7-8-48-28)10-14-43-17(23(31)37-3)18(44-14)24(32)38-4/h7-10H,1-6H3. The summed E-state index contributed by atoms with van der Waals surface area (Å²) in [4.78, 5) is 80.6. The quantitative estimate of drug-likeness (QED) is 0.185. The van der Waals surface area contributed by atoms with Crippen molar-refractivity contribution >= 4 is 136 Å². The van der Waals surface area contributed by atoms with E-state index in [0.29, 0.717) is 23.9 Å². The number of rotatable bonds is 9. The Morgan fingerprint density at radius 3 is 1.02 bits per heavy atom. The first-order valence-corrected chi connectivity index (χ1v) is 21.3. The van der Waals surface area contributed by atoms with Crippen LogP contribution >= 0.6 is 70.6 Å². The third-order valence-corrected chi connectivity index (χ3v) is 19.1. The second kappa shape index (κ2) is 17.7. The van der Waals surface area contributed by atoms with E-state index in [1.807, 2.05) is 6.08 Å². The zero-order valence-corrected chi connectivity index (χ0v) is 33.8. The van der Waals surface area contributed by atoms with Gasteiger partial charge < -0.3 is 0 Å². The van der Waals surface area contributed by atoms with Crippen molar-refractivity contribution in [2.75, 3.05) is 42.7 Å². The van der Waals surface area contributed by atoms with Gasteiger partial charge in [0, 0.05) is 0 Å². The minimum atomic E-state index is -0.734. The number of carbonyl (C=O) groups is 6. The zero-order chi connectivity index (χ0) is 35.1. The van der Waals surface area contributed by atoms with E-state index < -0.39 is 35.8 Å². The van der Waals surface area contributed by atoms with Gasteiger partial charge in [-0.15, -0.1) is 0 Å². The van der Waals surface area contributed by atoms with Crippen LogP contribution in [0.1, 0.15) is 0 Å². The molecule has 254 valence electrons. The van der Waals surface area contributed by atoms with Crippen LogP contribution in [-0.4, -0.2) is 108 Å². The predicted molar refractivity (Wildman–Crippen MR) is 190 cm³/mol. The van der Waals surface area contributed by atoms with Gasteiger partial charge in [0.25, 0.3) is 0 Å². The Bertz CT molecular complexity index is 1650. The van der Waals surface area contributed by atoms with Crippen molar-refractivity contribution in [1.29, 1.82) is 0 Å².